The van der Waals surface area contributed by atoms with E-state index in [9.17, 15) is 5.11 Å². The summed E-state index contributed by atoms with van der Waals surface area (Å²) < 4.78 is 0. The molecule has 3 aromatic carbocycles. The molecule has 1 unspecified atom stereocenters. The Kier molecular flexibility index (Phi) is 4.18. The van der Waals surface area contributed by atoms with Gasteiger partial charge in [-0.05, 0) is 30.7 Å². The van der Waals surface area contributed by atoms with Crippen molar-refractivity contribution in [2.24, 2.45) is 0 Å². The van der Waals surface area contributed by atoms with E-state index in [2.05, 4.69) is 17.0 Å². The fourth-order valence-electron chi connectivity index (χ4n) is 2.89. The summed E-state index contributed by atoms with van der Waals surface area (Å²) in [5, 5.41) is 11.2. The summed E-state index contributed by atoms with van der Waals surface area (Å²) in [7, 11) is 2.02. The molecule has 0 amide bonds. The molecule has 116 valence electrons. The van der Waals surface area contributed by atoms with Crippen LogP contribution >= 0.6 is 0 Å². The summed E-state index contributed by atoms with van der Waals surface area (Å²) in [5.41, 5.74) is 2.80. The van der Waals surface area contributed by atoms with E-state index >= 15 is 0 Å². The molecule has 1 atom stereocenters. The topological polar surface area (TPSA) is 23.5 Å². The summed E-state index contributed by atoms with van der Waals surface area (Å²) in [6, 6.07) is 27.9. The highest BCUT2D eigenvalue weighted by Gasteiger charge is 2.29. The molecule has 3 aromatic rings. The molecule has 3 rings (SSSR count). The van der Waals surface area contributed by atoms with Gasteiger partial charge in [0.1, 0.15) is 5.60 Å². The zero-order valence-electron chi connectivity index (χ0n) is 13.5. The molecule has 0 saturated heterocycles. The molecule has 0 bridgehead atoms. The fourth-order valence-corrected chi connectivity index (χ4v) is 2.89. The van der Waals surface area contributed by atoms with E-state index in [4.69, 9.17) is 0 Å². The van der Waals surface area contributed by atoms with Crippen molar-refractivity contribution in [2.45, 2.75) is 12.5 Å². The molecule has 0 heterocycles. The largest absolute Gasteiger partial charge is 0.381 e. The highest BCUT2D eigenvalue weighted by molar-refractivity contribution is 5.67. The molecule has 0 aliphatic heterocycles. The molecule has 1 N–H and O–H groups in total. The van der Waals surface area contributed by atoms with Gasteiger partial charge in [0.05, 0.1) is 0 Å². The summed E-state index contributed by atoms with van der Waals surface area (Å²) >= 11 is 0. The second-order valence-corrected chi connectivity index (χ2v) is 5.85. The van der Waals surface area contributed by atoms with Gasteiger partial charge in [-0.2, -0.15) is 0 Å². The number of rotatable bonds is 4. The minimum Gasteiger partial charge on any atom is -0.381 e. The Balaban J connectivity index is 2.08. The third kappa shape index (κ3) is 2.99. The fraction of sp³-hybridized carbons (Fsp3) is 0.143. The Morgan fingerprint density at radius 2 is 1.26 bits per heavy atom. The third-order valence-electron chi connectivity index (χ3n) is 4.27. The van der Waals surface area contributed by atoms with Crippen LogP contribution in [-0.2, 0) is 5.60 Å². The van der Waals surface area contributed by atoms with E-state index in [1.165, 1.54) is 0 Å². The second kappa shape index (κ2) is 6.27. The van der Waals surface area contributed by atoms with Gasteiger partial charge in [-0.15, -0.1) is 0 Å². The molecule has 0 spiro atoms. The lowest BCUT2D eigenvalue weighted by Gasteiger charge is -2.31. The van der Waals surface area contributed by atoms with Crippen LogP contribution in [0.3, 0.4) is 0 Å². The molecular weight excluding hydrogens is 282 g/mol. The van der Waals surface area contributed by atoms with Crippen LogP contribution in [0.15, 0.2) is 84.9 Å². The maximum Gasteiger partial charge on any atom is 0.114 e. The lowest BCUT2D eigenvalue weighted by Crippen LogP contribution is -2.26. The highest BCUT2D eigenvalue weighted by atomic mass is 16.3. The first kappa shape index (κ1) is 15.3. The van der Waals surface area contributed by atoms with Gasteiger partial charge in [0, 0.05) is 24.0 Å². The number of para-hydroxylation sites is 2. The van der Waals surface area contributed by atoms with E-state index in [0.29, 0.717) is 0 Å². The van der Waals surface area contributed by atoms with Crippen LogP contribution in [0.25, 0.3) is 0 Å². The number of hydrogen-bond donors (Lipinski definition) is 1. The molecule has 2 heteroatoms. The third-order valence-corrected chi connectivity index (χ3v) is 4.27. The molecule has 23 heavy (non-hydrogen) atoms. The van der Waals surface area contributed by atoms with Crippen molar-refractivity contribution in [3.05, 3.63) is 96.1 Å². The zero-order chi connectivity index (χ0) is 16.3. The predicted molar refractivity (Wildman–Crippen MR) is 96.1 cm³/mol. The zero-order valence-corrected chi connectivity index (χ0v) is 13.5. The maximum atomic E-state index is 11.2. The van der Waals surface area contributed by atoms with Crippen LogP contribution in [0, 0.1) is 0 Å². The molecule has 0 fully saturated rings. The average molecular weight is 303 g/mol. The number of hydrogen-bond acceptors (Lipinski definition) is 2. The van der Waals surface area contributed by atoms with Crippen molar-refractivity contribution < 1.29 is 5.11 Å². The number of benzene rings is 3. The van der Waals surface area contributed by atoms with Gasteiger partial charge in [0.2, 0.25) is 0 Å². The average Bonchev–Trinajstić information content (AvgIpc) is 2.62. The quantitative estimate of drug-likeness (QED) is 0.754. The number of anilines is 2. The molecule has 0 saturated carbocycles. The van der Waals surface area contributed by atoms with Gasteiger partial charge in [-0.25, -0.2) is 0 Å². The highest BCUT2D eigenvalue weighted by Crippen LogP contribution is 2.37. The standard InChI is InChI=1S/C21H21NO/c1-21(23,17-11-5-3-6-12-17)19-15-9-10-16-20(19)22(2)18-13-7-4-8-14-18/h3-16,23H,1-2H3. The van der Waals surface area contributed by atoms with E-state index < -0.39 is 5.60 Å². The van der Waals surface area contributed by atoms with Gasteiger partial charge >= 0.3 is 0 Å². The number of nitrogens with zero attached hydrogens (tertiary/aromatic N) is 1. The Labute approximate surface area is 137 Å². The molecular formula is C21H21NO. The number of aliphatic hydroxyl groups is 1. The van der Waals surface area contributed by atoms with Crippen molar-refractivity contribution in [2.75, 3.05) is 11.9 Å². The summed E-state index contributed by atoms with van der Waals surface area (Å²) in [6.45, 7) is 1.85. The summed E-state index contributed by atoms with van der Waals surface area (Å²) in [5.74, 6) is 0. The summed E-state index contributed by atoms with van der Waals surface area (Å²) in [4.78, 5) is 2.10. The maximum absolute atomic E-state index is 11.2. The van der Waals surface area contributed by atoms with Crippen molar-refractivity contribution in [1.29, 1.82) is 0 Å². The van der Waals surface area contributed by atoms with E-state index in [0.717, 1.165) is 22.5 Å². The molecule has 0 aromatic heterocycles. The Morgan fingerprint density at radius 3 is 1.91 bits per heavy atom. The van der Waals surface area contributed by atoms with Gasteiger partial charge in [-0.3, -0.25) is 0 Å². The predicted octanol–water partition coefficient (Wildman–Crippen LogP) is 4.71. The van der Waals surface area contributed by atoms with E-state index in [1.54, 1.807) is 0 Å². The van der Waals surface area contributed by atoms with Crippen LogP contribution < -0.4 is 4.90 Å². The Hall–Kier alpha value is -2.58. The van der Waals surface area contributed by atoms with Gasteiger partial charge in [0.25, 0.3) is 0 Å². The van der Waals surface area contributed by atoms with Crippen LogP contribution in [0.2, 0.25) is 0 Å². The SMILES string of the molecule is CN(c1ccccc1)c1ccccc1C(C)(O)c1ccccc1. The Bertz CT molecular complexity index is 766. The monoisotopic (exact) mass is 303 g/mol. The molecule has 0 aliphatic rings. The van der Waals surface area contributed by atoms with Crippen molar-refractivity contribution in [1.82, 2.24) is 0 Å². The first-order chi connectivity index (χ1) is 11.1. The van der Waals surface area contributed by atoms with Crippen LogP contribution in [0.5, 0.6) is 0 Å². The minimum absolute atomic E-state index is 0.883. The van der Waals surface area contributed by atoms with Crippen LogP contribution in [0.4, 0.5) is 11.4 Å². The van der Waals surface area contributed by atoms with Crippen molar-refractivity contribution >= 4 is 11.4 Å². The Morgan fingerprint density at radius 1 is 0.739 bits per heavy atom. The minimum atomic E-state index is -1.05. The molecule has 0 radical (unpaired) electrons. The van der Waals surface area contributed by atoms with Crippen molar-refractivity contribution in [3.8, 4) is 0 Å². The first-order valence-corrected chi connectivity index (χ1v) is 7.77. The van der Waals surface area contributed by atoms with Crippen molar-refractivity contribution in [3.63, 3.8) is 0 Å². The first-order valence-electron chi connectivity index (χ1n) is 7.77. The molecule has 0 aliphatic carbocycles. The molecule has 2 nitrogen and oxygen atoms in total. The lowest BCUT2D eigenvalue weighted by molar-refractivity contribution is 0.103. The van der Waals surface area contributed by atoms with Crippen LogP contribution in [-0.4, -0.2) is 12.2 Å². The van der Waals surface area contributed by atoms with Crippen LogP contribution in [0.1, 0.15) is 18.1 Å². The van der Waals surface area contributed by atoms with Gasteiger partial charge in [-0.1, -0.05) is 66.7 Å². The lowest BCUT2D eigenvalue weighted by atomic mass is 9.87. The van der Waals surface area contributed by atoms with E-state index in [1.807, 2.05) is 86.8 Å². The smallest absolute Gasteiger partial charge is 0.114 e. The van der Waals surface area contributed by atoms with E-state index in [-0.39, 0.29) is 0 Å². The second-order valence-electron chi connectivity index (χ2n) is 5.85. The van der Waals surface area contributed by atoms with Gasteiger partial charge < -0.3 is 10.0 Å². The normalized spacial score (nSPS) is 13.3. The van der Waals surface area contributed by atoms with Gasteiger partial charge in [0.15, 0.2) is 0 Å². The summed E-state index contributed by atoms with van der Waals surface area (Å²) in [6.07, 6.45) is 0.